The van der Waals surface area contributed by atoms with Crippen LogP contribution in [0.25, 0.3) is 11.3 Å². The molecule has 0 aliphatic carbocycles. The number of hydrogen-bond donors (Lipinski definition) is 2. The highest BCUT2D eigenvalue weighted by Crippen LogP contribution is 2.31. The summed E-state index contributed by atoms with van der Waals surface area (Å²) in [4.78, 5) is 25.5. The van der Waals surface area contributed by atoms with Crippen molar-refractivity contribution in [2.75, 3.05) is 11.9 Å². The molecule has 1 heterocycles. The van der Waals surface area contributed by atoms with E-state index in [2.05, 4.69) is 22.7 Å². The summed E-state index contributed by atoms with van der Waals surface area (Å²) in [6, 6.07) is 14.0. The first-order chi connectivity index (χ1) is 14.0. The van der Waals surface area contributed by atoms with Crippen molar-refractivity contribution < 1.29 is 14.1 Å². The predicted molar refractivity (Wildman–Crippen MR) is 113 cm³/mol. The van der Waals surface area contributed by atoms with Gasteiger partial charge in [0.05, 0.1) is 16.3 Å². The largest absolute Gasteiger partial charge is 0.360 e. The summed E-state index contributed by atoms with van der Waals surface area (Å²) in [5, 5.41) is 10.2. The van der Waals surface area contributed by atoms with Gasteiger partial charge in [0, 0.05) is 12.1 Å². The fraction of sp³-hybridized carbons (Fsp3) is 0.227. The van der Waals surface area contributed by atoms with Crippen LogP contribution in [-0.2, 0) is 0 Å². The summed E-state index contributed by atoms with van der Waals surface area (Å²) in [6.45, 7) is 4.29. The molecule has 0 saturated heterocycles. The third kappa shape index (κ3) is 4.66. The number of unbranched alkanes of at least 4 members (excludes halogenated alkanes) is 1. The second-order valence-corrected chi connectivity index (χ2v) is 6.96. The van der Waals surface area contributed by atoms with Crippen molar-refractivity contribution in [1.29, 1.82) is 0 Å². The van der Waals surface area contributed by atoms with Crippen LogP contribution in [0.4, 0.5) is 5.69 Å². The molecule has 1 aromatic heterocycles. The number of rotatable bonds is 7. The van der Waals surface area contributed by atoms with Gasteiger partial charge >= 0.3 is 0 Å². The summed E-state index contributed by atoms with van der Waals surface area (Å²) in [5.41, 5.74) is 2.04. The lowest BCUT2D eigenvalue weighted by Gasteiger charge is -2.12. The van der Waals surface area contributed by atoms with Gasteiger partial charge in [-0.1, -0.05) is 60.4 Å². The molecule has 0 atom stereocenters. The summed E-state index contributed by atoms with van der Waals surface area (Å²) < 4.78 is 5.26. The standard InChI is InChI=1S/C22H22ClN3O3/c1-3-4-13-24-21(27)16-10-6-8-12-18(16)25-22(28)19-14(2)29-26-20(19)15-9-5-7-11-17(15)23/h5-12H,3-4,13H2,1-2H3,(H,24,27)(H,25,28). The maximum Gasteiger partial charge on any atom is 0.261 e. The number of aromatic nitrogens is 1. The zero-order valence-electron chi connectivity index (χ0n) is 16.3. The normalized spacial score (nSPS) is 10.6. The highest BCUT2D eigenvalue weighted by atomic mass is 35.5. The van der Waals surface area contributed by atoms with Gasteiger partial charge in [-0.2, -0.15) is 0 Å². The molecule has 3 aromatic rings. The third-order valence-corrected chi connectivity index (χ3v) is 4.78. The van der Waals surface area contributed by atoms with Crippen LogP contribution in [0.5, 0.6) is 0 Å². The van der Waals surface area contributed by atoms with E-state index in [1.54, 1.807) is 49.4 Å². The molecule has 7 heteroatoms. The Kier molecular flexibility index (Phi) is 6.67. The van der Waals surface area contributed by atoms with Gasteiger partial charge in [-0.25, -0.2) is 0 Å². The molecule has 0 bridgehead atoms. The molecule has 2 amide bonds. The number of hydrogen-bond acceptors (Lipinski definition) is 4. The van der Waals surface area contributed by atoms with E-state index in [1.165, 1.54) is 0 Å². The van der Waals surface area contributed by atoms with E-state index in [9.17, 15) is 9.59 Å². The molecule has 0 radical (unpaired) electrons. The van der Waals surface area contributed by atoms with E-state index in [-0.39, 0.29) is 11.5 Å². The van der Waals surface area contributed by atoms with Gasteiger partial charge < -0.3 is 15.2 Å². The molecule has 2 N–H and O–H groups in total. The van der Waals surface area contributed by atoms with E-state index in [0.29, 0.717) is 39.8 Å². The zero-order chi connectivity index (χ0) is 20.8. The van der Waals surface area contributed by atoms with Gasteiger partial charge in [-0.3, -0.25) is 9.59 Å². The fourth-order valence-electron chi connectivity index (χ4n) is 2.93. The number of anilines is 1. The van der Waals surface area contributed by atoms with Crippen LogP contribution in [0.15, 0.2) is 53.1 Å². The number of carbonyl (C=O) groups excluding carboxylic acids is 2. The van der Waals surface area contributed by atoms with Crippen LogP contribution in [0, 0.1) is 6.92 Å². The SMILES string of the molecule is CCCCNC(=O)c1ccccc1NC(=O)c1c(-c2ccccc2Cl)noc1C. The molecule has 0 unspecified atom stereocenters. The highest BCUT2D eigenvalue weighted by Gasteiger charge is 2.24. The summed E-state index contributed by atoms with van der Waals surface area (Å²) >= 11 is 6.27. The maximum atomic E-state index is 13.1. The molecule has 6 nitrogen and oxygen atoms in total. The number of benzene rings is 2. The van der Waals surface area contributed by atoms with Crippen LogP contribution in [-0.4, -0.2) is 23.5 Å². The van der Waals surface area contributed by atoms with Crippen molar-refractivity contribution in [2.45, 2.75) is 26.7 Å². The van der Waals surface area contributed by atoms with Crippen LogP contribution in [0.1, 0.15) is 46.2 Å². The average molecular weight is 412 g/mol. The Labute approximate surface area is 174 Å². The first-order valence-electron chi connectivity index (χ1n) is 9.42. The minimum Gasteiger partial charge on any atom is -0.360 e. The lowest BCUT2D eigenvalue weighted by molar-refractivity contribution is 0.0954. The Morgan fingerprint density at radius 2 is 1.79 bits per heavy atom. The van der Waals surface area contributed by atoms with Crippen molar-refractivity contribution in [3.8, 4) is 11.3 Å². The van der Waals surface area contributed by atoms with Gasteiger partial charge in [-0.05, 0) is 31.5 Å². The van der Waals surface area contributed by atoms with Crippen LogP contribution in [0.3, 0.4) is 0 Å². The minimum absolute atomic E-state index is 0.234. The maximum absolute atomic E-state index is 13.1. The van der Waals surface area contributed by atoms with E-state index in [1.807, 2.05) is 6.07 Å². The van der Waals surface area contributed by atoms with Crippen LogP contribution >= 0.6 is 11.6 Å². The molecule has 150 valence electrons. The lowest BCUT2D eigenvalue weighted by Crippen LogP contribution is -2.26. The molecule has 0 aliphatic rings. The average Bonchev–Trinajstić information content (AvgIpc) is 3.10. The van der Waals surface area contributed by atoms with Crippen molar-refractivity contribution in [3.63, 3.8) is 0 Å². The lowest BCUT2D eigenvalue weighted by atomic mass is 10.0. The number of carbonyl (C=O) groups is 2. The summed E-state index contributed by atoms with van der Waals surface area (Å²) in [7, 11) is 0. The van der Waals surface area contributed by atoms with Crippen molar-refractivity contribution >= 4 is 29.1 Å². The fourth-order valence-corrected chi connectivity index (χ4v) is 3.15. The summed E-state index contributed by atoms with van der Waals surface area (Å²) in [5.74, 6) is -0.294. The van der Waals surface area contributed by atoms with E-state index in [4.69, 9.17) is 16.1 Å². The number of nitrogens with one attached hydrogen (secondary N) is 2. The Morgan fingerprint density at radius 3 is 2.55 bits per heavy atom. The minimum atomic E-state index is -0.424. The molecule has 3 rings (SSSR count). The Bertz CT molecular complexity index is 1030. The number of amides is 2. The molecule has 0 aliphatic heterocycles. The number of aryl methyl sites for hydroxylation is 1. The Morgan fingerprint density at radius 1 is 1.07 bits per heavy atom. The molecule has 0 fully saturated rings. The molecule has 2 aromatic carbocycles. The van der Waals surface area contributed by atoms with Gasteiger partial charge in [0.25, 0.3) is 11.8 Å². The topological polar surface area (TPSA) is 84.2 Å². The van der Waals surface area contributed by atoms with Crippen molar-refractivity contribution in [3.05, 3.63) is 70.4 Å². The second-order valence-electron chi connectivity index (χ2n) is 6.55. The van der Waals surface area contributed by atoms with Gasteiger partial charge in [0.1, 0.15) is 17.0 Å². The molecular weight excluding hydrogens is 390 g/mol. The molecule has 29 heavy (non-hydrogen) atoms. The highest BCUT2D eigenvalue weighted by molar-refractivity contribution is 6.33. The second kappa shape index (κ2) is 9.39. The first-order valence-corrected chi connectivity index (χ1v) is 9.80. The Hall–Kier alpha value is -3.12. The molecular formula is C22H22ClN3O3. The van der Waals surface area contributed by atoms with Gasteiger partial charge in [0.15, 0.2) is 0 Å². The summed E-state index contributed by atoms with van der Waals surface area (Å²) in [6.07, 6.45) is 1.87. The van der Waals surface area contributed by atoms with E-state index >= 15 is 0 Å². The van der Waals surface area contributed by atoms with Crippen molar-refractivity contribution in [2.24, 2.45) is 0 Å². The number of para-hydroxylation sites is 1. The molecule has 0 spiro atoms. The van der Waals surface area contributed by atoms with Gasteiger partial charge in [-0.15, -0.1) is 0 Å². The number of halogens is 1. The smallest absolute Gasteiger partial charge is 0.261 e. The first kappa shape index (κ1) is 20.6. The quantitative estimate of drug-likeness (QED) is 0.530. The predicted octanol–water partition coefficient (Wildman–Crippen LogP) is 5.09. The third-order valence-electron chi connectivity index (χ3n) is 4.45. The van der Waals surface area contributed by atoms with Gasteiger partial charge in [0.2, 0.25) is 0 Å². The van der Waals surface area contributed by atoms with Crippen LogP contribution in [0.2, 0.25) is 5.02 Å². The zero-order valence-corrected chi connectivity index (χ0v) is 17.0. The van der Waals surface area contributed by atoms with E-state index < -0.39 is 5.91 Å². The monoisotopic (exact) mass is 411 g/mol. The number of nitrogens with zero attached hydrogens (tertiary/aromatic N) is 1. The van der Waals surface area contributed by atoms with Crippen LogP contribution < -0.4 is 10.6 Å². The van der Waals surface area contributed by atoms with E-state index in [0.717, 1.165) is 12.8 Å². The Balaban J connectivity index is 1.89. The molecule has 0 saturated carbocycles. The van der Waals surface area contributed by atoms with Crippen molar-refractivity contribution in [1.82, 2.24) is 10.5 Å².